The zero-order valence-corrected chi connectivity index (χ0v) is 11.8. The average Bonchev–Trinajstić information content (AvgIpc) is 2.95. The minimum Gasteiger partial charge on any atom is -0.368 e. The predicted molar refractivity (Wildman–Crippen MR) is 84.3 cm³/mol. The number of hydrogen-bond acceptors (Lipinski definition) is 5. The van der Waals surface area contributed by atoms with Crippen molar-refractivity contribution in [1.82, 2.24) is 14.8 Å². The standard InChI is InChI=1S/C16H14N6/c17-10-12-6-8-14(9-7-12)22-15(18)20-16(21-22)19-11-13-4-2-1-3-5-13/h1-9H,11H2,(H3,18,19,20,21). The molecule has 2 aromatic carbocycles. The first-order valence-corrected chi connectivity index (χ1v) is 6.77. The molecule has 1 aromatic heterocycles. The molecule has 0 radical (unpaired) electrons. The van der Waals surface area contributed by atoms with Gasteiger partial charge >= 0.3 is 0 Å². The molecule has 0 unspecified atom stereocenters. The molecule has 0 saturated carbocycles. The van der Waals surface area contributed by atoms with Crippen LogP contribution in [0.2, 0.25) is 0 Å². The van der Waals surface area contributed by atoms with Crippen molar-refractivity contribution in [2.24, 2.45) is 0 Å². The number of nitrogen functional groups attached to an aromatic ring is 1. The maximum Gasteiger partial charge on any atom is 0.244 e. The highest BCUT2D eigenvalue weighted by Gasteiger charge is 2.08. The highest BCUT2D eigenvalue weighted by Crippen LogP contribution is 2.15. The van der Waals surface area contributed by atoms with Gasteiger partial charge < -0.3 is 11.1 Å². The summed E-state index contributed by atoms with van der Waals surface area (Å²) in [6.07, 6.45) is 0. The third-order valence-corrected chi connectivity index (χ3v) is 3.17. The van der Waals surface area contributed by atoms with Crippen molar-refractivity contribution in [2.45, 2.75) is 6.54 Å². The van der Waals surface area contributed by atoms with Crippen molar-refractivity contribution < 1.29 is 0 Å². The minimum atomic E-state index is 0.292. The second-order valence-corrected chi connectivity index (χ2v) is 4.70. The van der Waals surface area contributed by atoms with Crippen LogP contribution in [0.5, 0.6) is 0 Å². The van der Waals surface area contributed by atoms with Crippen molar-refractivity contribution in [1.29, 1.82) is 5.26 Å². The van der Waals surface area contributed by atoms with Crippen LogP contribution in [0.15, 0.2) is 54.6 Å². The smallest absolute Gasteiger partial charge is 0.244 e. The molecule has 0 bridgehead atoms. The zero-order chi connectivity index (χ0) is 15.4. The van der Waals surface area contributed by atoms with E-state index in [1.54, 1.807) is 24.3 Å². The molecule has 0 aliphatic rings. The normalized spacial score (nSPS) is 10.1. The van der Waals surface area contributed by atoms with E-state index in [0.717, 1.165) is 11.3 Å². The van der Waals surface area contributed by atoms with Crippen LogP contribution in [-0.4, -0.2) is 14.8 Å². The summed E-state index contributed by atoms with van der Waals surface area (Å²) < 4.78 is 1.54. The number of nitrogens with two attached hydrogens (primary N) is 1. The highest BCUT2D eigenvalue weighted by molar-refractivity contribution is 5.44. The molecule has 6 nitrogen and oxygen atoms in total. The molecule has 22 heavy (non-hydrogen) atoms. The van der Waals surface area contributed by atoms with Gasteiger partial charge in [0.15, 0.2) is 0 Å². The molecular formula is C16H14N6. The number of rotatable bonds is 4. The summed E-state index contributed by atoms with van der Waals surface area (Å²) in [7, 11) is 0. The van der Waals surface area contributed by atoms with Crippen molar-refractivity contribution in [3.05, 3.63) is 65.7 Å². The molecule has 6 heteroatoms. The highest BCUT2D eigenvalue weighted by atomic mass is 15.4. The minimum absolute atomic E-state index is 0.292. The van der Waals surface area contributed by atoms with E-state index in [4.69, 9.17) is 11.0 Å². The Hall–Kier alpha value is -3.33. The maximum atomic E-state index is 8.82. The fraction of sp³-hybridized carbons (Fsp3) is 0.0625. The molecule has 3 aromatic rings. The van der Waals surface area contributed by atoms with Crippen LogP contribution in [-0.2, 0) is 6.54 Å². The first-order chi connectivity index (χ1) is 10.8. The Balaban J connectivity index is 1.77. The Morgan fingerprint density at radius 2 is 1.82 bits per heavy atom. The second kappa shape index (κ2) is 5.97. The largest absolute Gasteiger partial charge is 0.368 e. The first-order valence-electron chi connectivity index (χ1n) is 6.77. The number of hydrogen-bond donors (Lipinski definition) is 2. The number of anilines is 2. The summed E-state index contributed by atoms with van der Waals surface area (Å²) in [4.78, 5) is 4.20. The van der Waals surface area contributed by atoms with Crippen molar-refractivity contribution in [3.63, 3.8) is 0 Å². The fourth-order valence-electron chi connectivity index (χ4n) is 2.04. The van der Waals surface area contributed by atoms with Crippen LogP contribution < -0.4 is 11.1 Å². The van der Waals surface area contributed by atoms with Gasteiger partial charge in [-0.3, -0.25) is 0 Å². The van der Waals surface area contributed by atoms with Crippen molar-refractivity contribution in [2.75, 3.05) is 11.1 Å². The van der Waals surface area contributed by atoms with Crippen molar-refractivity contribution in [3.8, 4) is 11.8 Å². The molecule has 3 N–H and O–H groups in total. The van der Waals surface area contributed by atoms with Gasteiger partial charge in [0.2, 0.25) is 11.9 Å². The summed E-state index contributed by atoms with van der Waals surface area (Å²) in [5.41, 5.74) is 8.38. The lowest BCUT2D eigenvalue weighted by Crippen LogP contribution is -2.03. The van der Waals surface area contributed by atoms with Gasteiger partial charge in [0.25, 0.3) is 0 Å². The monoisotopic (exact) mass is 290 g/mol. The van der Waals surface area contributed by atoms with Gasteiger partial charge in [0.1, 0.15) is 0 Å². The lowest BCUT2D eigenvalue weighted by molar-refractivity contribution is 0.887. The van der Waals surface area contributed by atoms with Gasteiger partial charge in [0, 0.05) is 6.54 Å². The summed E-state index contributed by atoms with van der Waals surface area (Å²) in [6.45, 7) is 0.623. The summed E-state index contributed by atoms with van der Waals surface area (Å²) in [6, 6.07) is 19.0. The van der Waals surface area contributed by atoms with Gasteiger partial charge in [-0.15, -0.1) is 5.10 Å². The molecule has 1 heterocycles. The van der Waals surface area contributed by atoms with Crippen LogP contribution in [0, 0.1) is 11.3 Å². The van der Waals surface area contributed by atoms with Gasteiger partial charge in [-0.25, -0.2) is 0 Å². The van der Waals surface area contributed by atoms with Gasteiger partial charge in [-0.2, -0.15) is 14.9 Å². The SMILES string of the molecule is N#Cc1ccc(-n2nc(NCc3ccccc3)nc2N)cc1. The number of benzene rings is 2. The Labute approximate surface area is 127 Å². The Morgan fingerprint density at radius 1 is 1.09 bits per heavy atom. The Kier molecular flexibility index (Phi) is 3.70. The summed E-state index contributed by atoms with van der Waals surface area (Å²) >= 11 is 0. The lowest BCUT2D eigenvalue weighted by atomic mass is 10.2. The topological polar surface area (TPSA) is 92.5 Å². The number of aromatic nitrogens is 3. The molecule has 3 rings (SSSR count). The number of nitrogens with zero attached hydrogens (tertiary/aromatic N) is 4. The molecule has 0 saturated heterocycles. The summed E-state index contributed by atoms with van der Waals surface area (Å²) in [5.74, 6) is 0.756. The third kappa shape index (κ3) is 2.88. The van der Waals surface area contributed by atoms with E-state index in [1.807, 2.05) is 30.3 Å². The van der Waals surface area contributed by atoms with Gasteiger partial charge in [-0.1, -0.05) is 30.3 Å². The van der Waals surface area contributed by atoms with Crippen molar-refractivity contribution >= 4 is 11.9 Å². The van der Waals surface area contributed by atoms with E-state index in [-0.39, 0.29) is 0 Å². The maximum absolute atomic E-state index is 8.82. The molecule has 0 aliphatic heterocycles. The lowest BCUT2D eigenvalue weighted by Gasteiger charge is -2.02. The average molecular weight is 290 g/mol. The molecule has 108 valence electrons. The van der Waals surface area contributed by atoms with Crippen LogP contribution in [0.25, 0.3) is 5.69 Å². The molecule has 0 aliphatic carbocycles. The third-order valence-electron chi connectivity index (χ3n) is 3.17. The number of nitrogens with one attached hydrogen (secondary N) is 1. The first kappa shape index (κ1) is 13.6. The number of nitriles is 1. The Bertz CT molecular complexity index is 799. The molecular weight excluding hydrogens is 276 g/mol. The summed E-state index contributed by atoms with van der Waals surface area (Å²) in [5, 5.41) is 16.3. The fourth-order valence-corrected chi connectivity index (χ4v) is 2.04. The predicted octanol–water partition coefficient (Wildman–Crippen LogP) is 2.33. The molecule has 0 spiro atoms. The zero-order valence-electron chi connectivity index (χ0n) is 11.8. The van der Waals surface area contributed by atoms with E-state index in [2.05, 4.69) is 21.5 Å². The quantitative estimate of drug-likeness (QED) is 0.769. The van der Waals surface area contributed by atoms with Gasteiger partial charge in [-0.05, 0) is 29.8 Å². The molecule has 0 atom stereocenters. The van der Waals surface area contributed by atoms with E-state index in [1.165, 1.54) is 4.68 Å². The van der Waals surface area contributed by atoms with Crippen LogP contribution in [0.1, 0.15) is 11.1 Å². The molecule has 0 fully saturated rings. The van der Waals surface area contributed by atoms with Gasteiger partial charge in [0.05, 0.1) is 17.3 Å². The second-order valence-electron chi connectivity index (χ2n) is 4.70. The van der Waals surface area contributed by atoms with E-state index in [0.29, 0.717) is 24.0 Å². The van der Waals surface area contributed by atoms with Crippen LogP contribution in [0.4, 0.5) is 11.9 Å². The molecule has 0 amide bonds. The van der Waals surface area contributed by atoms with Crippen LogP contribution in [0.3, 0.4) is 0 Å². The van der Waals surface area contributed by atoms with Crippen LogP contribution >= 0.6 is 0 Å². The van der Waals surface area contributed by atoms with E-state index >= 15 is 0 Å². The van der Waals surface area contributed by atoms with E-state index in [9.17, 15) is 0 Å². The van der Waals surface area contributed by atoms with E-state index < -0.39 is 0 Å². The Morgan fingerprint density at radius 3 is 2.50 bits per heavy atom.